The molecule has 0 radical (unpaired) electrons. The Bertz CT molecular complexity index is 1130. The average Bonchev–Trinajstić information content (AvgIpc) is 3.20. The first-order valence-electron chi connectivity index (χ1n) is 12.0. The van der Waals surface area contributed by atoms with Gasteiger partial charge in [0.2, 0.25) is 10.0 Å². The lowest BCUT2D eigenvalue weighted by molar-refractivity contribution is 0.0496. The Labute approximate surface area is 206 Å². The van der Waals surface area contributed by atoms with Crippen LogP contribution in [-0.2, 0) is 38.9 Å². The molecule has 0 saturated carbocycles. The zero-order chi connectivity index (χ0) is 25.3. The first-order valence-corrected chi connectivity index (χ1v) is 13.5. The molecule has 0 saturated heterocycles. The van der Waals surface area contributed by atoms with Crippen LogP contribution in [0.5, 0.6) is 0 Å². The molecule has 10 nitrogen and oxygen atoms in total. The van der Waals surface area contributed by atoms with Gasteiger partial charge in [-0.2, -0.15) is 5.10 Å². The Kier molecular flexibility index (Phi) is 9.82. The van der Waals surface area contributed by atoms with Crippen molar-refractivity contribution in [3.05, 3.63) is 46.8 Å². The Morgan fingerprint density at radius 2 is 2.06 bits per heavy atom. The summed E-state index contributed by atoms with van der Waals surface area (Å²) in [6.45, 7) is 4.64. The first kappa shape index (κ1) is 26.8. The van der Waals surface area contributed by atoms with Crippen LogP contribution in [0.15, 0.2) is 29.2 Å². The van der Waals surface area contributed by atoms with Gasteiger partial charge in [-0.25, -0.2) is 17.9 Å². The molecule has 1 aromatic carbocycles. The lowest BCUT2D eigenvalue weighted by atomic mass is 10.1. The van der Waals surface area contributed by atoms with Crippen molar-refractivity contribution in [3.8, 4) is 0 Å². The highest BCUT2D eigenvalue weighted by Crippen LogP contribution is 2.19. The van der Waals surface area contributed by atoms with Crippen LogP contribution in [0, 0.1) is 0 Å². The number of amides is 1. The molecule has 11 heteroatoms. The van der Waals surface area contributed by atoms with Gasteiger partial charge in [0.1, 0.15) is 0 Å². The van der Waals surface area contributed by atoms with E-state index in [1.807, 2.05) is 11.6 Å². The molecule has 2 aromatic rings. The largest absolute Gasteiger partial charge is 0.462 e. The van der Waals surface area contributed by atoms with E-state index < -0.39 is 16.0 Å². The molecule has 1 aromatic heterocycles. The van der Waals surface area contributed by atoms with Gasteiger partial charge in [-0.1, -0.05) is 13.0 Å². The van der Waals surface area contributed by atoms with Crippen LogP contribution in [0.3, 0.4) is 0 Å². The highest BCUT2D eigenvalue weighted by molar-refractivity contribution is 7.89. The summed E-state index contributed by atoms with van der Waals surface area (Å²) in [6.07, 6.45) is 4.28. The summed E-state index contributed by atoms with van der Waals surface area (Å²) in [5.41, 5.74) is 2.57. The molecule has 0 spiro atoms. The number of carbonyl (C=O) groups excluding carboxylic acids is 2. The molecule has 1 amide bonds. The predicted molar refractivity (Wildman–Crippen MR) is 130 cm³/mol. The molecule has 35 heavy (non-hydrogen) atoms. The van der Waals surface area contributed by atoms with E-state index in [-0.39, 0.29) is 23.0 Å². The van der Waals surface area contributed by atoms with E-state index in [9.17, 15) is 18.0 Å². The van der Waals surface area contributed by atoms with Gasteiger partial charge < -0.3 is 14.8 Å². The van der Waals surface area contributed by atoms with Gasteiger partial charge in [0, 0.05) is 26.3 Å². The van der Waals surface area contributed by atoms with Crippen molar-refractivity contribution in [2.45, 2.75) is 56.9 Å². The third kappa shape index (κ3) is 7.12. The van der Waals surface area contributed by atoms with Crippen LogP contribution in [-0.4, -0.2) is 63.5 Å². The highest BCUT2D eigenvalue weighted by atomic mass is 32.2. The molecule has 2 heterocycles. The van der Waals surface area contributed by atoms with Gasteiger partial charge in [0.25, 0.3) is 5.91 Å². The molecule has 1 aliphatic heterocycles. The van der Waals surface area contributed by atoms with Crippen molar-refractivity contribution in [1.29, 1.82) is 0 Å². The third-order valence-corrected chi connectivity index (χ3v) is 7.20. The topological polar surface area (TPSA) is 129 Å². The minimum absolute atomic E-state index is 0.00740. The normalized spacial score (nSPS) is 15.1. The Morgan fingerprint density at radius 3 is 2.83 bits per heavy atom. The van der Waals surface area contributed by atoms with Crippen LogP contribution in [0.1, 0.15) is 64.7 Å². The molecular weight excluding hydrogens is 472 g/mol. The number of aromatic nitrogens is 2. The third-order valence-electron chi connectivity index (χ3n) is 5.79. The fourth-order valence-electron chi connectivity index (χ4n) is 3.93. The smallest absolute Gasteiger partial charge is 0.338 e. The summed E-state index contributed by atoms with van der Waals surface area (Å²) in [5, 5.41) is 7.67. The molecular formula is C24H34N4O6S. The summed E-state index contributed by atoms with van der Waals surface area (Å²) < 4.78 is 39.0. The van der Waals surface area contributed by atoms with E-state index in [2.05, 4.69) is 10.0 Å². The number of nitrogens with one attached hydrogen (secondary N) is 2. The van der Waals surface area contributed by atoms with Crippen LogP contribution in [0.25, 0.3) is 0 Å². The number of unbranched alkanes of at least 4 members (excludes halogenated alkanes) is 1. The van der Waals surface area contributed by atoms with Gasteiger partial charge in [-0.3, -0.25) is 9.48 Å². The number of fused-ring (bicyclic) bond motifs is 1. The van der Waals surface area contributed by atoms with Gasteiger partial charge in [-0.05, 0) is 63.8 Å². The molecule has 192 valence electrons. The first-order chi connectivity index (χ1) is 16.9. The predicted octanol–water partition coefficient (Wildman–Crippen LogP) is 2.07. The van der Waals surface area contributed by atoms with E-state index in [0.29, 0.717) is 57.6 Å². The Balaban J connectivity index is 1.58. The lowest BCUT2D eigenvalue weighted by Gasteiger charge is -2.10. The van der Waals surface area contributed by atoms with E-state index in [0.717, 1.165) is 24.2 Å². The second-order valence-corrected chi connectivity index (χ2v) is 10.1. The minimum atomic E-state index is -3.64. The second-order valence-electron chi connectivity index (χ2n) is 8.25. The maximum atomic E-state index is 12.8. The maximum Gasteiger partial charge on any atom is 0.338 e. The molecule has 0 atom stereocenters. The van der Waals surface area contributed by atoms with E-state index in [4.69, 9.17) is 14.6 Å². The molecule has 0 bridgehead atoms. The number of carbonyl (C=O) groups is 2. The standard InChI is InChI=1S/C24H34N4O6S/c1-3-20-22-21(11-7-14-33-15-8-12-26-23(22)29)28(27-20)13-4-5-16-34-24(30)18-9-6-10-19(17-18)35(31,32)25-2/h6,9-10,17,25H,3-5,7-8,11-16H2,1-2H3,(H,26,29). The van der Waals surface area contributed by atoms with Gasteiger partial charge >= 0.3 is 5.97 Å². The van der Waals surface area contributed by atoms with E-state index in [1.165, 1.54) is 31.3 Å². The zero-order valence-electron chi connectivity index (χ0n) is 20.3. The molecule has 2 N–H and O–H groups in total. The average molecular weight is 507 g/mol. The Morgan fingerprint density at radius 1 is 1.26 bits per heavy atom. The summed E-state index contributed by atoms with van der Waals surface area (Å²) in [4.78, 5) is 25.2. The lowest BCUT2D eigenvalue weighted by Crippen LogP contribution is -2.26. The van der Waals surface area contributed by atoms with Crippen molar-refractivity contribution in [2.75, 3.05) is 33.4 Å². The fraction of sp³-hybridized carbons (Fsp3) is 0.542. The van der Waals surface area contributed by atoms with Crippen LogP contribution in [0.4, 0.5) is 0 Å². The van der Waals surface area contributed by atoms with Crippen molar-refractivity contribution in [3.63, 3.8) is 0 Å². The number of esters is 1. The molecule has 0 aliphatic carbocycles. The molecule has 0 unspecified atom stereocenters. The Hall–Kier alpha value is -2.76. The minimum Gasteiger partial charge on any atom is -0.462 e. The maximum absolute atomic E-state index is 12.8. The van der Waals surface area contributed by atoms with Crippen molar-refractivity contribution in [1.82, 2.24) is 19.8 Å². The van der Waals surface area contributed by atoms with Crippen LogP contribution >= 0.6 is 0 Å². The SMILES string of the molecule is CCc1nn(CCCCOC(=O)c2cccc(S(=O)(=O)NC)c2)c2c1C(=O)NCCCOCCC2. The fourth-order valence-corrected chi connectivity index (χ4v) is 4.70. The van der Waals surface area contributed by atoms with Crippen molar-refractivity contribution < 1.29 is 27.5 Å². The molecule has 3 rings (SSSR count). The number of sulfonamides is 1. The van der Waals surface area contributed by atoms with E-state index >= 15 is 0 Å². The number of rotatable bonds is 9. The summed E-state index contributed by atoms with van der Waals surface area (Å²) in [7, 11) is -2.33. The van der Waals surface area contributed by atoms with Crippen LogP contribution in [0.2, 0.25) is 0 Å². The number of hydrogen-bond donors (Lipinski definition) is 2. The monoisotopic (exact) mass is 506 g/mol. The summed E-state index contributed by atoms with van der Waals surface area (Å²) in [6, 6.07) is 5.74. The quantitative estimate of drug-likeness (QED) is 0.394. The van der Waals surface area contributed by atoms with Gasteiger partial charge in [0.05, 0.1) is 34.0 Å². The molecule has 0 fully saturated rings. The summed E-state index contributed by atoms with van der Waals surface area (Å²) >= 11 is 0. The second kappa shape index (κ2) is 12.8. The van der Waals surface area contributed by atoms with E-state index in [1.54, 1.807) is 0 Å². The number of nitrogens with zero attached hydrogens (tertiary/aromatic N) is 2. The van der Waals surface area contributed by atoms with Crippen LogP contribution < -0.4 is 10.0 Å². The summed E-state index contributed by atoms with van der Waals surface area (Å²) in [5.74, 6) is -0.655. The zero-order valence-corrected chi connectivity index (χ0v) is 21.2. The molecule has 1 aliphatic rings. The van der Waals surface area contributed by atoms with Crippen molar-refractivity contribution in [2.24, 2.45) is 0 Å². The van der Waals surface area contributed by atoms with Crippen molar-refractivity contribution >= 4 is 21.9 Å². The number of benzene rings is 1. The van der Waals surface area contributed by atoms with Gasteiger partial charge in [0.15, 0.2) is 0 Å². The highest BCUT2D eigenvalue weighted by Gasteiger charge is 2.23. The number of ether oxygens (including phenoxy) is 2. The number of hydrogen-bond acceptors (Lipinski definition) is 7. The van der Waals surface area contributed by atoms with Gasteiger partial charge in [-0.15, -0.1) is 0 Å². The number of aryl methyl sites for hydroxylation is 2.